The van der Waals surface area contributed by atoms with Gasteiger partial charge in [0.05, 0.1) is 16.6 Å². The molecule has 3 aromatic carbocycles. The van der Waals surface area contributed by atoms with E-state index < -0.39 is 0 Å². The van der Waals surface area contributed by atoms with E-state index in [-0.39, 0.29) is 12.5 Å². The molecule has 1 heterocycles. The van der Waals surface area contributed by atoms with Crippen LogP contribution in [0.15, 0.2) is 72.8 Å². The van der Waals surface area contributed by atoms with Gasteiger partial charge in [-0.1, -0.05) is 56.3 Å². The second-order valence-electron chi connectivity index (χ2n) is 7.92. The molecule has 0 aliphatic carbocycles. The lowest BCUT2D eigenvalue weighted by atomic mass is 10.0. The highest BCUT2D eigenvalue weighted by atomic mass is 16.5. The van der Waals surface area contributed by atoms with Gasteiger partial charge in [-0.25, -0.2) is 4.98 Å². The van der Waals surface area contributed by atoms with Crippen LogP contribution >= 0.6 is 0 Å². The smallest absolute Gasteiger partial charge is 0.262 e. The molecule has 0 aliphatic rings. The molecule has 0 radical (unpaired) electrons. The molecule has 2 N–H and O–H groups in total. The number of hydrogen-bond donors (Lipinski definition) is 2. The first-order valence-corrected chi connectivity index (χ1v) is 10.7. The minimum atomic E-state index is -0.219. The molecule has 1 aromatic heterocycles. The molecule has 33 heavy (non-hydrogen) atoms. The molecule has 4 rings (SSSR count). The number of anilines is 1. The number of fused-ring (bicyclic) bond motifs is 1. The number of benzene rings is 3. The Morgan fingerprint density at radius 1 is 1.09 bits per heavy atom. The topological polar surface area (TPSA) is 90.8 Å². The number of nitrogens with zero attached hydrogens (tertiary/aromatic N) is 2. The van der Waals surface area contributed by atoms with Crippen LogP contribution in [0, 0.1) is 11.3 Å². The Bertz CT molecular complexity index is 1310. The van der Waals surface area contributed by atoms with Crippen molar-refractivity contribution in [2.24, 2.45) is 0 Å². The third-order valence-corrected chi connectivity index (χ3v) is 5.18. The van der Waals surface area contributed by atoms with Gasteiger partial charge in [-0.05, 0) is 53.5 Å². The van der Waals surface area contributed by atoms with Crippen molar-refractivity contribution in [1.29, 1.82) is 5.26 Å². The van der Waals surface area contributed by atoms with Crippen LogP contribution in [0.5, 0.6) is 5.75 Å². The number of carbonyl (C=O) groups is 1. The molecule has 0 unspecified atom stereocenters. The Morgan fingerprint density at radius 2 is 1.82 bits per heavy atom. The number of imidazole rings is 1. The number of allylic oxidation sites excluding steroid dienone is 1. The number of aromatic nitrogens is 2. The Hall–Kier alpha value is -4.37. The zero-order valence-corrected chi connectivity index (χ0v) is 18.5. The van der Waals surface area contributed by atoms with E-state index in [1.807, 2.05) is 60.7 Å². The maximum Gasteiger partial charge on any atom is 0.262 e. The van der Waals surface area contributed by atoms with Crippen LogP contribution in [-0.2, 0) is 4.79 Å². The van der Waals surface area contributed by atoms with Gasteiger partial charge in [-0.15, -0.1) is 0 Å². The van der Waals surface area contributed by atoms with Crippen molar-refractivity contribution >= 4 is 34.3 Å². The first-order valence-electron chi connectivity index (χ1n) is 10.7. The Balaban J connectivity index is 1.40. The molecule has 6 heteroatoms. The number of para-hydroxylation sites is 3. The second kappa shape index (κ2) is 9.84. The Kier molecular flexibility index (Phi) is 6.51. The van der Waals surface area contributed by atoms with Crippen LogP contribution in [0.4, 0.5) is 5.69 Å². The highest BCUT2D eigenvalue weighted by molar-refractivity contribution is 5.93. The number of nitriles is 1. The maximum atomic E-state index is 12.4. The van der Waals surface area contributed by atoms with Gasteiger partial charge < -0.3 is 15.0 Å². The predicted molar refractivity (Wildman–Crippen MR) is 131 cm³/mol. The fourth-order valence-corrected chi connectivity index (χ4v) is 3.51. The monoisotopic (exact) mass is 436 g/mol. The fraction of sp³-hybridized carbons (Fsp3) is 0.148. The van der Waals surface area contributed by atoms with Crippen LogP contribution in [0.1, 0.15) is 36.7 Å². The van der Waals surface area contributed by atoms with Crippen molar-refractivity contribution in [2.45, 2.75) is 19.8 Å². The number of nitrogens with one attached hydrogen (secondary N) is 2. The van der Waals surface area contributed by atoms with Crippen molar-refractivity contribution in [2.75, 3.05) is 11.9 Å². The van der Waals surface area contributed by atoms with Gasteiger partial charge in [0.2, 0.25) is 0 Å². The lowest BCUT2D eigenvalue weighted by molar-refractivity contribution is -0.118. The molecule has 4 aromatic rings. The first kappa shape index (κ1) is 21.8. The molecule has 0 saturated heterocycles. The minimum Gasteiger partial charge on any atom is -0.484 e. The van der Waals surface area contributed by atoms with Gasteiger partial charge in [0.15, 0.2) is 6.61 Å². The number of rotatable bonds is 7. The molecule has 0 saturated carbocycles. The highest BCUT2D eigenvalue weighted by Crippen LogP contribution is 2.24. The third-order valence-electron chi connectivity index (χ3n) is 5.18. The van der Waals surface area contributed by atoms with Gasteiger partial charge in [-0.2, -0.15) is 5.26 Å². The number of carbonyl (C=O) groups excluding carboxylic acids is 1. The summed E-state index contributed by atoms with van der Waals surface area (Å²) in [5, 5.41) is 12.5. The number of ether oxygens (including phenoxy) is 1. The number of hydrogen-bond acceptors (Lipinski definition) is 4. The average molecular weight is 437 g/mol. The quantitative estimate of drug-likeness (QED) is 0.360. The van der Waals surface area contributed by atoms with Gasteiger partial charge in [0.25, 0.3) is 5.91 Å². The fourth-order valence-electron chi connectivity index (χ4n) is 3.51. The molecule has 0 spiro atoms. The lowest BCUT2D eigenvalue weighted by Crippen LogP contribution is -2.21. The molecule has 0 atom stereocenters. The van der Waals surface area contributed by atoms with Crippen molar-refractivity contribution in [3.8, 4) is 11.8 Å². The van der Waals surface area contributed by atoms with E-state index in [9.17, 15) is 10.1 Å². The van der Waals surface area contributed by atoms with E-state index in [2.05, 4.69) is 35.2 Å². The molecule has 0 fully saturated rings. The zero-order valence-electron chi connectivity index (χ0n) is 18.5. The third kappa shape index (κ3) is 5.28. The SMILES string of the molecule is CC(C)c1ccccc1NC(=O)COc1ccc(/C=C(\C#N)c2nc3ccccc3[nH]2)cc1. The minimum absolute atomic E-state index is 0.0932. The largest absolute Gasteiger partial charge is 0.484 e. The summed E-state index contributed by atoms with van der Waals surface area (Å²) in [7, 11) is 0. The number of aromatic amines is 1. The van der Waals surface area contributed by atoms with Crippen molar-refractivity contribution in [1.82, 2.24) is 9.97 Å². The molecular weight excluding hydrogens is 412 g/mol. The Labute approximate surface area is 192 Å². The van der Waals surface area contributed by atoms with E-state index in [1.165, 1.54) is 0 Å². The van der Waals surface area contributed by atoms with Crippen molar-refractivity contribution in [3.05, 3.63) is 89.7 Å². The van der Waals surface area contributed by atoms with Gasteiger partial charge in [0, 0.05) is 5.69 Å². The summed E-state index contributed by atoms with van der Waals surface area (Å²) in [5.41, 5.74) is 4.84. The first-order chi connectivity index (χ1) is 16.0. The predicted octanol–water partition coefficient (Wildman–Crippen LogP) is 5.77. The summed E-state index contributed by atoms with van der Waals surface area (Å²) in [4.78, 5) is 20.0. The van der Waals surface area contributed by atoms with E-state index in [1.54, 1.807) is 18.2 Å². The second-order valence-corrected chi connectivity index (χ2v) is 7.92. The van der Waals surface area contributed by atoms with Crippen molar-refractivity contribution < 1.29 is 9.53 Å². The normalized spacial score (nSPS) is 11.4. The van der Waals surface area contributed by atoms with Crippen molar-refractivity contribution in [3.63, 3.8) is 0 Å². The summed E-state index contributed by atoms with van der Waals surface area (Å²) in [6, 6.07) is 24.8. The molecule has 6 nitrogen and oxygen atoms in total. The zero-order chi connectivity index (χ0) is 23.2. The molecule has 0 bridgehead atoms. The number of amides is 1. The molecule has 0 aliphatic heterocycles. The highest BCUT2D eigenvalue weighted by Gasteiger charge is 2.10. The van der Waals surface area contributed by atoms with Gasteiger partial charge in [0.1, 0.15) is 17.6 Å². The summed E-state index contributed by atoms with van der Waals surface area (Å²) < 4.78 is 5.63. The summed E-state index contributed by atoms with van der Waals surface area (Å²) >= 11 is 0. The molecule has 1 amide bonds. The van der Waals surface area contributed by atoms with Crippen LogP contribution in [-0.4, -0.2) is 22.5 Å². The van der Waals surface area contributed by atoms with Crippen LogP contribution in [0.3, 0.4) is 0 Å². The summed E-state index contributed by atoms with van der Waals surface area (Å²) in [5.74, 6) is 1.18. The molecule has 164 valence electrons. The summed E-state index contributed by atoms with van der Waals surface area (Å²) in [6.45, 7) is 4.08. The number of H-pyrrole nitrogens is 1. The van der Waals surface area contributed by atoms with Crippen LogP contribution in [0.2, 0.25) is 0 Å². The Morgan fingerprint density at radius 3 is 2.55 bits per heavy atom. The van der Waals surface area contributed by atoms with Crippen LogP contribution in [0.25, 0.3) is 22.7 Å². The van der Waals surface area contributed by atoms with Crippen LogP contribution < -0.4 is 10.1 Å². The van der Waals surface area contributed by atoms with Gasteiger partial charge >= 0.3 is 0 Å². The van der Waals surface area contributed by atoms with Gasteiger partial charge in [-0.3, -0.25) is 4.79 Å². The maximum absolute atomic E-state index is 12.4. The lowest BCUT2D eigenvalue weighted by Gasteiger charge is -2.14. The van der Waals surface area contributed by atoms with E-state index in [4.69, 9.17) is 4.74 Å². The van der Waals surface area contributed by atoms with E-state index >= 15 is 0 Å². The molecular formula is C27H24N4O2. The van der Waals surface area contributed by atoms with E-state index in [0.717, 1.165) is 27.8 Å². The van der Waals surface area contributed by atoms with E-state index in [0.29, 0.717) is 23.1 Å². The summed E-state index contributed by atoms with van der Waals surface area (Å²) in [6.07, 6.45) is 1.76. The standard InChI is InChI=1S/C27H24N4O2/c1-18(2)22-7-3-4-8-23(22)29-26(32)17-33-21-13-11-19(12-14-21)15-20(16-28)27-30-24-9-5-6-10-25(24)31-27/h3-15,18H,17H2,1-2H3,(H,29,32)(H,30,31)/b20-15+. The average Bonchev–Trinajstić information content (AvgIpc) is 3.26.